The van der Waals surface area contributed by atoms with E-state index < -0.39 is 6.23 Å². The fraction of sp³-hybridized carbons (Fsp3) is 0.478. The van der Waals surface area contributed by atoms with Crippen LogP contribution in [0.2, 0.25) is 0 Å². The van der Waals surface area contributed by atoms with Crippen LogP contribution in [0.25, 0.3) is 10.9 Å². The van der Waals surface area contributed by atoms with Crippen molar-refractivity contribution in [2.75, 3.05) is 27.2 Å². The van der Waals surface area contributed by atoms with Crippen LogP contribution >= 0.6 is 15.9 Å². The summed E-state index contributed by atoms with van der Waals surface area (Å²) in [7, 11) is 4.12. The first-order chi connectivity index (χ1) is 14.1. The second-order valence-electron chi connectivity index (χ2n) is 8.58. The van der Waals surface area contributed by atoms with Crippen LogP contribution in [-0.2, 0) is 0 Å². The summed E-state index contributed by atoms with van der Waals surface area (Å²) < 4.78 is 3.10. The first kappa shape index (κ1) is 22.7. The lowest BCUT2D eigenvalue weighted by atomic mass is 9.99. The van der Waals surface area contributed by atoms with Crippen LogP contribution in [0.5, 0.6) is 0 Å². The number of hydrogen-bond donors (Lipinski definition) is 2. The van der Waals surface area contributed by atoms with Gasteiger partial charge in [0.15, 0.2) is 6.23 Å². The number of aliphatic hydroxyl groups excluding tert-OH is 1. The van der Waals surface area contributed by atoms with E-state index in [1.807, 2.05) is 26.8 Å². The molecule has 162 valence electrons. The van der Waals surface area contributed by atoms with Gasteiger partial charge in [-0.05, 0) is 65.1 Å². The van der Waals surface area contributed by atoms with Crippen LogP contribution in [-0.4, -0.2) is 59.6 Å². The van der Waals surface area contributed by atoms with E-state index in [2.05, 4.69) is 69.0 Å². The zero-order chi connectivity index (χ0) is 22.2. The molecule has 0 aliphatic carbocycles. The number of carbonyl (C=O) groups excluding carboxylic acids is 1. The minimum absolute atomic E-state index is 0.152. The number of carbonyl (C=O) groups is 1. The summed E-state index contributed by atoms with van der Waals surface area (Å²) in [5.74, 6) is -0.152. The predicted octanol–water partition coefficient (Wildman–Crippen LogP) is 4.06. The van der Waals surface area contributed by atoms with Crippen molar-refractivity contribution in [1.82, 2.24) is 14.8 Å². The van der Waals surface area contributed by atoms with Gasteiger partial charge < -0.3 is 19.9 Å². The summed E-state index contributed by atoms with van der Waals surface area (Å²) in [5.41, 5.74) is 5.49. The highest BCUT2D eigenvalue weighted by atomic mass is 79.9. The lowest BCUT2D eigenvalue weighted by Gasteiger charge is -2.22. The second-order valence-corrected chi connectivity index (χ2v) is 9.50. The number of rotatable bonds is 6. The average Bonchev–Trinajstić information content (AvgIpc) is 2.96. The summed E-state index contributed by atoms with van der Waals surface area (Å²) in [6.45, 7) is 9.31. The van der Waals surface area contributed by atoms with Crippen molar-refractivity contribution in [3.8, 4) is 0 Å². The third-order valence-electron chi connectivity index (χ3n) is 5.60. The number of fused-ring (bicyclic) bond motifs is 1. The van der Waals surface area contributed by atoms with E-state index >= 15 is 0 Å². The molecule has 1 aliphatic rings. The summed E-state index contributed by atoms with van der Waals surface area (Å²) in [5, 5.41) is 14.2. The Morgan fingerprint density at radius 3 is 2.70 bits per heavy atom. The number of amides is 1. The Bertz CT molecular complexity index is 1040. The molecule has 0 radical (unpaired) electrons. The summed E-state index contributed by atoms with van der Waals surface area (Å²) in [6.07, 6.45) is 1.97. The normalized spacial score (nSPS) is 18.2. The Kier molecular flexibility index (Phi) is 6.84. The van der Waals surface area contributed by atoms with E-state index in [4.69, 9.17) is 0 Å². The molecule has 0 spiro atoms. The first-order valence-electron chi connectivity index (χ1n) is 10.2. The fourth-order valence-corrected chi connectivity index (χ4v) is 4.72. The van der Waals surface area contributed by atoms with Gasteiger partial charge in [0, 0.05) is 47.3 Å². The molecule has 1 aromatic carbocycles. The lowest BCUT2D eigenvalue weighted by molar-refractivity contribution is 0.0955. The summed E-state index contributed by atoms with van der Waals surface area (Å²) >= 11 is 3.58. The Morgan fingerprint density at radius 2 is 2.07 bits per heavy atom. The van der Waals surface area contributed by atoms with Crippen molar-refractivity contribution in [3.05, 3.63) is 45.1 Å². The first-order valence-corrected chi connectivity index (χ1v) is 11.0. The number of allylic oxidation sites excluding steroid dienone is 1. The maximum absolute atomic E-state index is 13.2. The van der Waals surface area contributed by atoms with E-state index in [9.17, 15) is 9.90 Å². The third-order valence-corrected chi connectivity index (χ3v) is 6.06. The maximum Gasteiger partial charge on any atom is 0.252 e. The van der Waals surface area contributed by atoms with Gasteiger partial charge in [-0.25, -0.2) is 0 Å². The molecule has 2 N–H and O–H groups in total. The van der Waals surface area contributed by atoms with Crippen LogP contribution in [0.4, 0.5) is 0 Å². The highest BCUT2D eigenvalue weighted by Gasteiger charge is 2.22. The number of nitrogens with zero attached hydrogens (tertiary/aromatic N) is 3. The molecular weight excluding hydrogens is 444 g/mol. The third kappa shape index (κ3) is 4.68. The minimum Gasteiger partial charge on any atom is -0.368 e. The topological polar surface area (TPSA) is 69.9 Å². The molecule has 30 heavy (non-hydrogen) atoms. The molecule has 0 fully saturated rings. The zero-order valence-electron chi connectivity index (χ0n) is 18.6. The molecule has 0 bridgehead atoms. The number of dihydropyridines is 1. The van der Waals surface area contributed by atoms with Gasteiger partial charge in [-0.1, -0.05) is 21.5 Å². The molecule has 2 aromatic rings. The number of aryl methyl sites for hydroxylation is 1. The summed E-state index contributed by atoms with van der Waals surface area (Å²) in [6, 6.07) is 4.21. The predicted molar refractivity (Wildman–Crippen MR) is 126 cm³/mol. The Labute approximate surface area is 186 Å². The van der Waals surface area contributed by atoms with Gasteiger partial charge in [0.05, 0.1) is 11.1 Å². The number of aliphatic imine (C=N–C) groups is 1. The Morgan fingerprint density at radius 1 is 1.37 bits per heavy atom. The van der Waals surface area contributed by atoms with Gasteiger partial charge in [-0.2, -0.15) is 0 Å². The van der Waals surface area contributed by atoms with Gasteiger partial charge in [-0.3, -0.25) is 9.79 Å². The molecule has 0 saturated carbocycles. The fourth-order valence-electron chi connectivity index (χ4n) is 4.28. The van der Waals surface area contributed by atoms with Crippen LogP contribution in [0.1, 0.15) is 49.2 Å². The smallest absolute Gasteiger partial charge is 0.252 e. The van der Waals surface area contributed by atoms with Crippen molar-refractivity contribution in [3.63, 3.8) is 0 Å². The highest BCUT2D eigenvalue weighted by Crippen LogP contribution is 2.31. The van der Waals surface area contributed by atoms with Crippen molar-refractivity contribution in [1.29, 1.82) is 0 Å². The molecule has 2 heterocycles. The summed E-state index contributed by atoms with van der Waals surface area (Å²) in [4.78, 5) is 19.5. The number of hydrogen-bond acceptors (Lipinski definition) is 4. The van der Waals surface area contributed by atoms with Crippen molar-refractivity contribution in [2.24, 2.45) is 4.99 Å². The van der Waals surface area contributed by atoms with Crippen LogP contribution in [0.15, 0.2) is 38.9 Å². The number of likely N-dealkylation sites (N-methyl/N-ethyl adjacent to an activating group) is 1. The maximum atomic E-state index is 13.2. The average molecular weight is 475 g/mol. The zero-order valence-corrected chi connectivity index (χ0v) is 20.2. The monoisotopic (exact) mass is 474 g/mol. The number of aromatic nitrogens is 1. The van der Waals surface area contributed by atoms with Crippen LogP contribution in [0.3, 0.4) is 0 Å². The van der Waals surface area contributed by atoms with Crippen LogP contribution < -0.4 is 5.32 Å². The number of benzene rings is 1. The SMILES string of the molecule is CC1=NC(O)C(CNC(=O)c2cc(Br)cc3c2c(C)cn3C(C)CN(C)C)=C(C)C1. The molecule has 3 rings (SSSR count). The van der Waals surface area contributed by atoms with E-state index in [0.29, 0.717) is 5.56 Å². The van der Waals surface area contributed by atoms with E-state index in [-0.39, 0.29) is 18.5 Å². The van der Waals surface area contributed by atoms with E-state index in [1.54, 1.807) is 0 Å². The number of nitrogens with one attached hydrogen (secondary N) is 1. The standard InChI is InChI=1S/C23H31BrN4O2/c1-13-7-15(3)26-23(30)19(13)10-25-22(29)18-8-17(24)9-20-21(18)14(2)11-28(20)16(4)12-27(5)6/h8-9,11,16,23,30H,7,10,12H2,1-6H3,(H,25,29). The van der Waals surface area contributed by atoms with Gasteiger partial charge >= 0.3 is 0 Å². The Hall–Kier alpha value is -1.96. The second kappa shape index (κ2) is 9.04. The molecular formula is C23H31BrN4O2. The van der Waals surface area contributed by atoms with Crippen LogP contribution in [0, 0.1) is 6.92 Å². The molecule has 1 amide bonds. The van der Waals surface area contributed by atoms with E-state index in [0.717, 1.165) is 50.8 Å². The Balaban J connectivity index is 1.91. The molecule has 7 heteroatoms. The van der Waals surface area contributed by atoms with Crippen molar-refractivity contribution >= 4 is 38.5 Å². The highest BCUT2D eigenvalue weighted by molar-refractivity contribution is 9.10. The molecule has 2 unspecified atom stereocenters. The molecule has 0 saturated heterocycles. The van der Waals surface area contributed by atoms with Crippen molar-refractivity contribution in [2.45, 2.75) is 46.4 Å². The van der Waals surface area contributed by atoms with Gasteiger partial charge in [0.2, 0.25) is 0 Å². The molecule has 6 nitrogen and oxygen atoms in total. The largest absolute Gasteiger partial charge is 0.368 e. The number of halogens is 1. The van der Waals surface area contributed by atoms with Gasteiger partial charge in [0.1, 0.15) is 0 Å². The molecule has 1 aliphatic heterocycles. The lowest BCUT2D eigenvalue weighted by Crippen LogP contribution is -2.31. The molecule has 2 atom stereocenters. The van der Waals surface area contributed by atoms with Gasteiger partial charge in [0.25, 0.3) is 5.91 Å². The minimum atomic E-state index is -0.878. The number of aliphatic hydroxyl groups is 1. The van der Waals surface area contributed by atoms with E-state index in [1.165, 1.54) is 0 Å². The van der Waals surface area contributed by atoms with Crippen molar-refractivity contribution < 1.29 is 9.90 Å². The van der Waals surface area contributed by atoms with Gasteiger partial charge in [-0.15, -0.1) is 0 Å². The quantitative estimate of drug-likeness (QED) is 0.619. The molecule has 1 aromatic heterocycles.